The highest BCUT2D eigenvalue weighted by atomic mass is 35.5. The molecule has 1 amide bonds. The maximum Gasteiger partial charge on any atom is 0.246 e. The molecule has 0 radical (unpaired) electrons. The van der Waals surface area contributed by atoms with Crippen LogP contribution in [-0.4, -0.2) is 18.9 Å². The molecule has 2 aromatic carbocycles. The summed E-state index contributed by atoms with van der Waals surface area (Å²) in [6, 6.07) is 16.7. The second-order valence-corrected chi connectivity index (χ2v) is 4.16. The first kappa shape index (κ1) is 13.4. The van der Waals surface area contributed by atoms with Crippen LogP contribution in [0.2, 0.25) is 0 Å². The zero-order valence-corrected chi connectivity index (χ0v) is 11.3. The summed E-state index contributed by atoms with van der Waals surface area (Å²) in [5.74, 6) is 0.508. The van der Waals surface area contributed by atoms with Crippen LogP contribution in [-0.2, 0) is 4.79 Å². The molecule has 2 rings (SSSR count). The van der Waals surface area contributed by atoms with Crippen molar-refractivity contribution < 1.29 is 9.53 Å². The van der Waals surface area contributed by atoms with Gasteiger partial charge in [0.1, 0.15) is 11.6 Å². The summed E-state index contributed by atoms with van der Waals surface area (Å²) in [7, 11) is 1.61. The number of methoxy groups -OCH3 is 1. The maximum absolute atomic E-state index is 12.0. The van der Waals surface area contributed by atoms with E-state index in [1.165, 1.54) is 0 Å². The highest BCUT2D eigenvalue weighted by molar-refractivity contribution is 6.30. The smallest absolute Gasteiger partial charge is 0.246 e. The average Bonchev–Trinajstić information content (AvgIpc) is 2.49. The molecule has 0 aliphatic heterocycles. The molecule has 0 saturated heterocycles. The number of ether oxygens (including phenoxy) is 1. The number of hydrogen-bond acceptors (Lipinski definition) is 2. The number of anilines is 2. The van der Waals surface area contributed by atoms with Crippen molar-refractivity contribution in [3.8, 4) is 5.75 Å². The average molecular weight is 276 g/mol. The van der Waals surface area contributed by atoms with Gasteiger partial charge < -0.3 is 4.74 Å². The molecule has 4 heteroatoms. The van der Waals surface area contributed by atoms with Gasteiger partial charge in [-0.3, -0.25) is 9.69 Å². The van der Waals surface area contributed by atoms with Crippen molar-refractivity contribution in [3.63, 3.8) is 0 Å². The molecule has 0 aliphatic carbocycles. The molecule has 0 unspecified atom stereocenters. The van der Waals surface area contributed by atoms with Crippen LogP contribution in [0, 0.1) is 0 Å². The van der Waals surface area contributed by atoms with Gasteiger partial charge in [0.25, 0.3) is 0 Å². The van der Waals surface area contributed by atoms with E-state index in [1.54, 1.807) is 12.0 Å². The van der Waals surface area contributed by atoms with Gasteiger partial charge in [-0.15, -0.1) is 11.6 Å². The first-order valence-electron chi connectivity index (χ1n) is 5.84. The Morgan fingerprint density at radius 1 is 1.05 bits per heavy atom. The van der Waals surface area contributed by atoms with Gasteiger partial charge in [-0.25, -0.2) is 0 Å². The van der Waals surface area contributed by atoms with Crippen LogP contribution in [0.5, 0.6) is 5.75 Å². The van der Waals surface area contributed by atoms with Gasteiger partial charge in [0.15, 0.2) is 0 Å². The molecule has 0 heterocycles. The highest BCUT2D eigenvalue weighted by Crippen LogP contribution is 2.27. The zero-order valence-electron chi connectivity index (χ0n) is 10.5. The maximum atomic E-state index is 12.0. The van der Waals surface area contributed by atoms with Gasteiger partial charge in [-0.2, -0.15) is 0 Å². The summed E-state index contributed by atoms with van der Waals surface area (Å²) in [4.78, 5) is 13.6. The zero-order chi connectivity index (χ0) is 13.7. The van der Waals surface area contributed by atoms with Crippen LogP contribution < -0.4 is 9.64 Å². The van der Waals surface area contributed by atoms with E-state index in [4.69, 9.17) is 16.3 Å². The van der Waals surface area contributed by atoms with E-state index in [9.17, 15) is 4.79 Å². The largest absolute Gasteiger partial charge is 0.497 e. The lowest BCUT2D eigenvalue weighted by Crippen LogP contribution is -2.26. The number of para-hydroxylation sites is 1. The number of amides is 1. The Morgan fingerprint density at radius 2 is 1.63 bits per heavy atom. The van der Waals surface area contributed by atoms with Crippen molar-refractivity contribution in [1.29, 1.82) is 0 Å². The predicted octanol–water partition coefficient (Wildman–Crippen LogP) is 3.60. The van der Waals surface area contributed by atoms with Crippen molar-refractivity contribution in [2.24, 2.45) is 0 Å². The molecule has 2 aromatic rings. The summed E-state index contributed by atoms with van der Waals surface area (Å²) < 4.78 is 5.11. The first-order chi connectivity index (χ1) is 9.26. The van der Waals surface area contributed by atoms with Gasteiger partial charge in [-0.1, -0.05) is 18.2 Å². The Bertz CT molecular complexity index is 540. The van der Waals surface area contributed by atoms with Crippen molar-refractivity contribution in [2.45, 2.75) is 0 Å². The lowest BCUT2D eigenvalue weighted by Gasteiger charge is -2.22. The van der Waals surface area contributed by atoms with Crippen LogP contribution in [0.3, 0.4) is 0 Å². The van der Waals surface area contributed by atoms with Crippen LogP contribution in [0.4, 0.5) is 11.4 Å². The molecule has 19 heavy (non-hydrogen) atoms. The lowest BCUT2D eigenvalue weighted by molar-refractivity contribution is -0.115. The van der Waals surface area contributed by atoms with Crippen LogP contribution in [0.1, 0.15) is 0 Å². The number of carbonyl (C=O) groups excluding carboxylic acids is 1. The molecule has 0 spiro atoms. The van der Waals surface area contributed by atoms with E-state index in [0.29, 0.717) is 0 Å². The van der Waals surface area contributed by atoms with Gasteiger partial charge in [-0.05, 0) is 36.4 Å². The Labute approximate surface area is 117 Å². The van der Waals surface area contributed by atoms with Crippen LogP contribution in [0.25, 0.3) is 0 Å². The topological polar surface area (TPSA) is 29.5 Å². The molecular weight excluding hydrogens is 262 g/mol. The minimum absolute atomic E-state index is 0.0685. The second kappa shape index (κ2) is 6.25. The number of carbonyl (C=O) groups is 1. The first-order valence-corrected chi connectivity index (χ1v) is 6.37. The summed E-state index contributed by atoms with van der Waals surface area (Å²) in [5.41, 5.74) is 1.55. The number of halogens is 1. The van der Waals surface area contributed by atoms with E-state index in [1.807, 2.05) is 54.6 Å². The molecule has 0 atom stereocenters. The minimum Gasteiger partial charge on any atom is -0.497 e. The molecular formula is C15H14ClNO2. The summed E-state index contributed by atoms with van der Waals surface area (Å²) in [6.07, 6.45) is 0. The third-order valence-electron chi connectivity index (χ3n) is 2.71. The Balaban J connectivity index is 2.40. The number of alkyl halides is 1. The minimum atomic E-state index is -0.168. The van der Waals surface area contributed by atoms with Crippen LogP contribution >= 0.6 is 11.6 Å². The molecule has 98 valence electrons. The Kier molecular flexibility index (Phi) is 4.42. The van der Waals surface area contributed by atoms with E-state index >= 15 is 0 Å². The molecule has 0 bridgehead atoms. The fourth-order valence-electron chi connectivity index (χ4n) is 1.81. The van der Waals surface area contributed by atoms with Crippen molar-refractivity contribution in [1.82, 2.24) is 0 Å². The fourth-order valence-corrected chi connectivity index (χ4v) is 1.92. The standard InChI is InChI=1S/C15H14ClNO2/c1-19-14-9-7-13(8-10-14)17(15(18)11-16)12-5-3-2-4-6-12/h2-10H,11H2,1H3. The Morgan fingerprint density at radius 3 is 2.16 bits per heavy atom. The molecule has 3 nitrogen and oxygen atoms in total. The van der Waals surface area contributed by atoms with E-state index < -0.39 is 0 Å². The quantitative estimate of drug-likeness (QED) is 0.798. The van der Waals surface area contributed by atoms with Crippen molar-refractivity contribution >= 4 is 28.9 Å². The Hall–Kier alpha value is -2.00. The third kappa shape index (κ3) is 3.06. The normalized spacial score (nSPS) is 10.0. The molecule has 0 aliphatic rings. The van der Waals surface area contributed by atoms with Gasteiger partial charge in [0, 0.05) is 11.4 Å². The molecule has 0 aromatic heterocycles. The number of hydrogen-bond donors (Lipinski definition) is 0. The summed E-state index contributed by atoms with van der Waals surface area (Å²) in [5, 5.41) is 0. The van der Waals surface area contributed by atoms with Gasteiger partial charge in [0.2, 0.25) is 5.91 Å². The molecule has 0 fully saturated rings. The number of rotatable bonds is 4. The summed E-state index contributed by atoms with van der Waals surface area (Å²) in [6.45, 7) is 0. The lowest BCUT2D eigenvalue weighted by atomic mass is 10.2. The van der Waals surface area contributed by atoms with Gasteiger partial charge >= 0.3 is 0 Å². The van der Waals surface area contributed by atoms with E-state index in [0.717, 1.165) is 17.1 Å². The van der Waals surface area contributed by atoms with Crippen molar-refractivity contribution in [2.75, 3.05) is 17.9 Å². The third-order valence-corrected chi connectivity index (χ3v) is 2.94. The molecule has 0 saturated carbocycles. The fraction of sp³-hybridized carbons (Fsp3) is 0.133. The monoisotopic (exact) mass is 275 g/mol. The van der Waals surface area contributed by atoms with Crippen molar-refractivity contribution in [3.05, 3.63) is 54.6 Å². The second-order valence-electron chi connectivity index (χ2n) is 3.90. The number of nitrogens with zero attached hydrogens (tertiary/aromatic N) is 1. The van der Waals surface area contributed by atoms with E-state index in [-0.39, 0.29) is 11.8 Å². The predicted molar refractivity (Wildman–Crippen MR) is 77.3 cm³/mol. The van der Waals surface area contributed by atoms with E-state index in [2.05, 4.69) is 0 Å². The SMILES string of the molecule is COc1ccc(N(C(=O)CCl)c2ccccc2)cc1. The molecule has 0 N–H and O–H groups in total. The number of benzene rings is 2. The summed E-state index contributed by atoms with van der Waals surface area (Å²) >= 11 is 5.69. The van der Waals surface area contributed by atoms with Gasteiger partial charge in [0.05, 0.1) is 7.11 Å². The van der Waals surface area contributed by atoms with Crippen LogP contribution in [0.15, 0.2) is 54.6 Å². The highest BCUT2D eigenvalue weighted by Gasteiger charge is 2.16.